The lowest BCUT2D eigenvalue weighted by Crippen LogP contribution is -2.16. The van der Waals surface area contributed by atoms with E-state index in [0.29, 0.717) is 22.3 Å². The Morgan fingerprint density at radius 3 is 2.41 bits per heavy atom. The molecule has 2 N–H and O–H groups in total. The van der Waals surface area contributed by atoms with Gasteiger partial charge in [0, 0.05) is 33.6 Å². The lowest BCUT2D eigenvalue weighted by molar-refractivity contribution is -0.384. The van der Waals surface area contributed by atoms with E-state index in [1.807, 2.05) is 24.3 Å². The third kappa shape index (κ3) is 6.82. The predicted octanol–water partition coefficient (Wildman–Crippen LogP) is 8.76. The summed E-state index contributed by atoms with van der Waals surface area (Å²) in [4.78, 5) is 40.6. The molecule has 5 aromatic rings. The fraction of sp³-hybridized carbons (Fsp3) is 0.200. The molecular formula is C35H32ClN3O5. The summed E-state index contributed by atoms with van der Waals surface area (Å²) < 4.78 is 5.34. The van der Waals surface area contributed by atoms with E-state index in [-0.39, 0.29) is 29.2 Å². The van der Waals surface area contributed by atoms with Crippen LogP contribution in [-0.2, 0) is 17.6 Å². The number of unbranched alkanes of at least 4 members (excludes halogenated alkanes) is 1. The summed E-state index contributed by atoms with van der Waals surface area (Å²) in [7, 11) is 0. The Morgan fingerprint density at radius 1 is 0.932 bits per heavy atom. The number of aromatic amines is 1. The molecule has 0 aliphatic rings. The zero-order valence-corrected chi connectivity index (χ0v) is 25.2. The molecule has 0 aliphatic heterocycles. The summed E-state index contributed by atoms with van der Waals surface area (Å²) in [6.07, 6.45) is 3.72. The number of nitro benzene ring substituents is 1. The number of nitro groups is 1. The summed E-state index contributed by atoms with van der Waals surface area (Å²) in [5.41, 5.74) is 5.83. The number of anilines is 1. The third-order valence-corrected chi connectivity index (χ3v) is 7.64. The Labute approximate surface area is 260 Å². The molecule has 9 heteroatoms. The van der Waals surface area contributed by atoms with E-state index in [1.165, 1.54) is 29.8 Å². The van der Waals surface area contributed by atoms with Crippen molar-refractivity contribution in [2.45, 2.75) is 39.5 Å². The van der Waals surface area contributed by atoms with Gasteiger partial charge in [0.15, 0.2) is 0 Å². The number of carbonyl (C=O) groups is 2. The maximum absolute atomic E-state index is 13.5. The quantitative estimate of drug-likeness (QED) is 0.0882. The van der Waals surface area contributed by atoms with Crippen LogP contribution in [0.5, 0.6) is 0 Å². The second-order valence-electron chi connectivity index (χ2n) is 10.5. The number of hydrogen-bond acceptors (Lipinski definition) is 5. The zero-order valence-electron chi connectivity index (χ0n) is 24.5. The molecule has 0 saturated heterocycles. The number of rotatable bonds is 11. The first-order chi connectivity index (χ1) is 21.3. The third-order valence-electron chi connectivity index (χ3n) is 7.41. The van der Waals surface area contributed by atoms with E-state index < -0.39 is 16.8 Å². The van der Waals surface area contributed by atoms with Gasteiger partial charge in [0.1, 0.15) is 5.69 Å². The number of carbonyl (C=O) groups excluding carboxylic acids is 2. The minimum Gasteiger partial charge on any atom is -0.461 e. The van der Waals surface area contributed by atoms with Crippen molar-refractivity contribution in [3.8, 4) is 11.1 Å². The molecule has 0 atom stereocenters. The molecule has 0 spiro atoms. The average molecular weight is 610 g/mol. The highest BCUT2D eigenvalue weighted by Crippen LogP contribution is 2.37. The van der Waals surface area contributed by atoms with Gasteiger partial charge in [0.05, 0.1) is 17.2 Å². The standard InChI is InChI=1S/C35H32ClN3O5/c1-3-5-8-22-13-15-24(16-14-22)26-19-27(17-23-9-6-11-28(36)18-23)31-30(21-26)37-33(35(41)44-4-2)32(31)38-34(40)25-10-7-12-29(20-25)39(42)43/h6-7,9-16,18-21,37H,3-5,8,17H2,1-2H3,(H,38,40). The number of H-pyrrole nitrogens is 1. The Kier molecular flexibility index (Phi) is 9.41. The zero-order chi connectivity index (χ0) is 31.2. The molecule has 8 nitrogen and oxygen atoms in total. The maximum Gasteiger partial charge on any atom is 0.356 e. The van der Waals surface area contributed by atoms with E-state index in [4.69, 9.17) is 16.3 Å². The van der Waals surface area contributed by atoms with Crippen molar-refractivity contribution in [2.24, 2.45) is 0 Å². The Balaban J connectivity index is 1.67. The van der Waals surface area contributed by atoms with Crippen molar-refractivity contribution in [1.82, 2.24) is 4.98 Å². The number of non-ortho nitro benzene ring substituents is 1. The first kappa shape index (κ1) is 30.5. The van der Waals surface area contributed by atoms with Crippen LogP contribution in [0.1, 0.15) is 64.2 Å². The maximum atomic E-state index is 13.5. The van der Waals surface area contributed by atoms with Gasteiger partial charge in [-0.2, -0.15) is 0 Å². The van der Waals surface area contributed by atoms with Gasteiger partial charge >= 0.3 is 5.97 Å². The predicted molar refractivity (Wildman–Crippen MR) is 174 cm³/mol. The van der Waals surface area contributed by atoms with Gasteiger partial charge < -0.3 is 15.0 Å². The highest BCUT2D eigenvalue weighted by atomic mass is 35.5. The first-order valence-electron chi connectivity index (χ1n) is 14.5. The fourth-order valence-electron chi connectivity index (χ4n) is 5.26. The molecular weight excluding hydrogens is 578 g/mol. The number of amides is 1. The highest BCUT2D eigenvalue weighted by molar-refractivity contribution is 6.30. The van der Waals surface area contributed by atoms with Crippen molar-refractivity contribution >= 4 is 45.8 Å². The van der Waals surface area contributed by atoms with Crippen LogP contribution >= 0.6 is 11.6 Å². The number of halogens is 1. The van der Waals surface area contributed by atoms with Gasteiger partial charge in [-0.3, -0.25) is 14.9 Å². The number of fused-ring (bicyclic) bond motifs is 1. The topological polar surface area (TPSA) is 114 Å². The average Bonchev–Trinajstić information content (AvgIpc) is 3.39. The molecule has 4 aromatic carbocycles. The second kappa shape index (κ2) is 13.6. The van der Waals surface area contributed by atoms with Crippen LogP contribution in [-0.4, -0.2) is 28.4 Å². The van der Waals surface area contributed by atoms with Crippen molar-refractivity contribution in [3.05, 3.63) is 128 Å². The summed E-state index contributed by atoms with van der Waals surface area (Å²) in [6, 6.07) is 25.4. The molecule has 0 radical (unpaired) electrons. The van der Waals surface area contributed by atoms with Crippen molar-refractivity contribution in [1.29, 1.82) is 0 Å². The fourth-order valence-corrected chi connectivity index (χ4v) is 5.48. The lowest BCUT2D eigenvalue weighted by atomic mass is 9.94. The van der Waals surface area contributed by atoms with Crippen molar-refractivity contribution in [2.75, 3.05) is 11.9 Å². The number of nitrogens with zero attached hydrogens (tertiary/aromatic N) is 1. The van der Waals surface area contributed by atoms with E-state index in [2.05, 4.69) is 47.6 Å². The van der Waals surface area contributed by atoms with Crippen LogP contribution in [0.25, 0.3) is 22.0 Å². The van der Waals surface area contributed by atoms with E-state index in [0.717, 1.165) is 41.5 Å². The molecule has 1 aromatic heterocycles. The molecule has 1 amide bonds. The summed E-state index contributed by atoms with van der Waals surface area (Å²) in [6.45, 7) is 4.01. The molecule has 44 heavy (non-hydrogen) atoms. The number of ether oxygens (including phenoxy) is 1. The number of hydrogen-bond donors (Lipinski definition) is 2. The Morgan fingerprint density at radius 2 is 1.70 bits per heavy atom. The molecule has 0 aliphatic carbocycles. The van der Waals surface area contributed by atoms with Gasteiger partial charge in [-0.05, 0) is 84.3 Å². The molecule has 0 bridgehead atoms. The summed E-state index contributed by atoms with van der Waals surface area (Å²) in [5.74, 6) is -1.23. The van der Waals surface area contributed by atoms with Gasteiger partial charge in [-0.1, -0.05) is 67.4 Å². The minimum atomic E-state index is -0.631. The number of aromatic nitrogens is 1. The van der Waals surface area contributed by atoms with Gasteiger partial charge in [0.25, 0.3) is 11.6 Å². The number of aryl methyl sites for hydroxylation is 1. The smallest absolute Gasteiger partial charge is 0.356 e. The molecule has 0 saturated carbocycles. The van der Waals surface area contributed by atoms with E-state index in [9.17, 15) is 19.7 Å². The van der Waals surface area contributed by atoms with Gasteiger partial charge in [-0.15, -0.1) is 0 Å². The molecule has 5 rings (SSSR count). The number of nitrogens with one attached hydrogen (secondary N) is 2. The highest BCUT2D eigenvalue weighted by Gasteiger charge is 2.25. The van der Waals surface area contributed by atoms with Crippen LogP contribution in [0, 0.1) is 10.1 Å². The van der Waals surface area contributed by atoms with Gasteiger partial charge in [0.2, 0.25) is 0 Å². The molecule has 1 heterocycles. The van der Waals surface area contributed by atoms with E-state index >= 15 is 0 Å². The lowest BCUT2D eigenvalue weighted by Gasteiger charge is -2.13. The Hall–Kier alpha value is -4.95. The van der Waals surface area contributed by atoms with Crippen molar-refractivity contribution in [3.63, 3.8) is 0 Å². The van der Waals surface area contributed by atoms with Crippen molar-refractivity contribution < 1.29 is 19.2 Å². The van der Waals surface area contributed by atoms with Crippen LogP contribution in [0.3, 0.4) is 0 Å². The van der Waals surface area contributed by atoms with Crippen LogP contribution < -0.4 is 5.32 Å². The first-order valence-corrected chi connectivity index (χ1v) is 14.9. The number of esters is 1. The number of benzene rings is 4. The second-order valence-corrected chi connectivity index (χ2v) is 11.0. The van der Waals surface area contributed by atoms with Gasteiger partial charge in [-0.25, -0.2) is 4.79 Å². The minimum absolute atomic E-state index is 0.0829. The normalized spacial score (nSPS) is 11.0. The van der Waals surface area contributed by atoms with Crippen LogP contribution in [0.15, 0.2) is 84.9 Å². The molecule has 0 unspecified atom stereocenters. The Bertz CT molecular complexity index is 1850. The summed E-state index contributed by atoms with van der Waals surface area (Å²) in [5, 5.41) is 15.4. The molecule has 0 fully saturated rings. The largest absolute Gasteiger partial charge is 0.461 e. The van der Waals surface area contributed by atoms with Crippen LogP contribution in [0.4, 0.5) is 11.4 Å². The van der Waals surface area contributed by atoms with Crippen LogP contribution in [0.2, 0.25) is 5.02 Å². The monoisotopic (exact) mass is 609 g/mol. The molecule has 224 valence electrons. The summed E-state index contributed by atoms with van der Waals surface area (Å²) >= 11 is 6.32. The van der Waals surface area contributed by atoms with E-state index in [1.54, 1.807) is 13.0 Å². The SMILES string of the molecule is CCCCc1ccc(-c2cc(Cc3cccc(Cl)c3)c3c(NC(=O)c4cccc([N+](=O)[O-])c4)c(C(=O)OCC)[nH]c3c2)cc1.